The molecule has 3 aromatic rings. The molecule has 0 aliphatic rings. The molecule has 0 aliphatic heterocycles. The van der Waals surface area contributed by atoms with Crippen LogP contribution in [0.3, 0.4) is 0 Å². The molecular formula is C20H19ClN2O3. The van der Waals surface area contributed by atoms with Gasteiger partial charge in [0.2, 0.25) is 0 Å². The number of nitrogens with one attached hydrogen (secondary N) is 1. The van der Waals surface area contributed by atoms with Crippen LogP contribution in [0.15, 0.2) is 59.1 Å². The highest BCUT2D eigenvalue weighted by molar-refractivity contribution is 6.30. The van der Waals surface area contributed by atoms with Crippen molar-refractivity contribution in [2.24, 2.45) is 0 Å². The van der Waals surface area contributed by atoms with E-state index in [4.69, 9.17) is 20.9 Å². The van der Waals surface area contributed by atoms with Crippen LogP contribution in [0.4, 0.5) is 0 Å². The molecule has 134 valence electrons. The zero-order chi connectivity index (χ0) is 18.4. The van der Waals surface area contributed by atoms with Crippen molar-refractivity contribution in [1.29, 1.82) is 0 Å². The minimum atomic E-state index is -0.275. The summed E-state index contributed by atoms with van der Waals surface area (Å²) in [5.41, 5.74) is 2.04. The van der Waals surface area contributed by atoms with Gasteiger partial charge in [-0.2, -0.15) is 0 Å². The fraction of sp³-hybridized carbons (Fsp3) is 0.200. The maximum atomic E-state index is 12.4. The molecule has 6 heteroatoms. The highest BCUT2D eigenvalue weighted by Crippen LogP contribution is 2.20. The van der Waals surface area contributed by atoms with Gasteiger partial charge in [-0.25, -0.2) is 0 Å². The third-order valence-corrected chi connectivity index (χ3v) is 4.16. The van der Waals surface area contributed by atoms with E-state index in [0.717, 1.165) is 12.0 Å². The fourth-order valence-corrected chi connectivity index (χ4v) is 2.68. The van der Waals surface area contributed by atoms with Crippen LogP contribution in [0.5, 0.6) is 5.75 Å². The normalized spacial score (nSPS) is 10.5. The number of nitrogens with zero attached hydrogens (tertiary/aromatic N) is 1. The van der Waals surface area contributed by atoms with E-state index >= 15 is 0 Å². The summed E-state index contributed by atoms with van der Waals surface area (Å²) in [6.45, 7) is 2.45. The lowest BCUT2D eigenvalue weighted by atomic mass is 10.1. The largest absolute Gasteiger partial charge is 0.489 e. The van der Waals surface area contributed by atoms with E-state index in [1.54, 1.807) is 31.2 Å². The number of amides is 1. The molecule has 0 saturated carbocycles. The van der Waals surface area contributed by atoms with E-state index in [2.05, 4.69) is 10.5 Å². The molecule has 1 heterocycles. The average Bonchev–Trinajstić information content (AvgIpc) is 3.01. The van der Waals surface area contributed by atoms with Gasteiger partial charge in [-0.05, 0) is 37.1 Å². The quantitative estimate of drug-likeness (QED) is 0.677. The minimum Gasteiger partial charge on any atom is -0.489 e. The molecule has 1 N–H and O–H groups in total. The minimum absolute atomic E-state index is 0.178. The Morgan fingerprint density at radius 1 is 1.19 bits per heavy atom. The second-order valence-electron chi connectivity index (χ2n) is 5.80. The Labute approximate surface area is 156 Å². The van der Waals surface area contributed by atoms with Crippen molar-refractivity contribution >= 4 is 17.5 Å². The van der Waals surface area contributed by atoms with E-state index in [9.17, 15) is 4.79 Å². The number of halogens is 1. The predicted molar refractivity (Wildman–Crippen MR) is 99.5 cm³/mol. The Morgan fingerprint density at radius 2 is 2.00 bits per heavy atom. The number of rotatable bonds is 7. The molecule has 0 bridgehead atoms. The van der Waals surface area contributed by atoms with Crippen LogP contribution in [0.25, 0.3) is 0 Å². The molecule has 0 fully saturated rings. The number of ether oxygens (including phenoxy) is 1. The molecular weight excluding hydrogens is 352 g/mol. The maximum absolute atomic E-state index is 12.4. The monoisotopic (exact) mass is 370 g/mol. The summed E-state index contributed by atoms with van der Waals surface area (Å²) in [5.74, 6) is 0.899. The fourth-order valence-electron chi connectivity index (χ4n) is 2.50. The van der Waals surface area contributed by atoms with Gasteiger partial charge in [0.15, 0.2) is 5.69 Å². The van der Waals surface area contributed by atoms with Crippen LogP contribution in [0.2, 0.25) is 5.02 Å². The van der Waals surface area contributed by atoms with Crippen molar-refractivity contribution in [1.82, 2.24) is 10.5 Å². The van der Waals surface area contributed by atoms with E-state index in [1.807, 2.05) is 30.3 Å². The lowest BCUT2D eigenvalue weighted by Crippen LogP contribution is -2.27. The summed E-state index contributed by atoms with van der Waals surface area (Å²) in [6, 6.07) is 17.0. The molecule has 0 radical (unpaired) electrons. The van der Waals surface area contributed by atoms with E-state index < -0.39 is 0 Å². The van der Waals surface area contributed by atoms with Crippen molar-refractivity contribution in [3.05, 3.63) is 82.2 Å². The Balaban J connectivity index is 1.60. The Bertz CT molecular complexity index is 878. The molecule has 0 saturated heterocycles. The summed E-state index contributed by atoms with van der Waals surface area (Å²) in [6.07, 6.45) is 0.748. The van der Waals surface area contributed by atoms with Gasteiger partial charge >= 0.3 is 0 Å². The lowest BCUT2D eigenvalue weighted by molar-refractivity contribution is 0.0943. The SMILES string of the molecule is Cc1onc(C(=O)NCCc2ccccc2)c1COc1cccc(Cl)c1. The number of benzene rings is 2. The maximum Gasteiger partial charge on any atom is 0.273 e. The van der Waals surface area contributed by atoms with Crippen LogP contribution < -0.4 is 10.1 Å². The van der Waals surface area contributed by atoms with E-state index in [0.29, 0.717) is 28.6 Å². The number of aryl methyl sites for hydroxylation is 1. The Kier molecular flexibility index (Phi) is 5.92. The van der Waals surface area contributed by atoms with Crippen LogP contribution in [-0.2, 0) is 13.0 Å². The molecule has 2 aromatic carbocycles. The Hall–Kier alpha value is -2.79. The van der Waals surface area contributed by atoms with Crippen LogP contribution in [0, 0.1) is 6.92 Å². The topological polar surface area (TPSA) is 64.4 Å². The van der Waals surface area contributed by atoms with Crippen molar-refractivity contribution in [2.75, 3.05) is 6.54 Å². The van der Waals surface area contributed by atoms with Gasteiger partial charge in [0.05, 0.1) is 5.56 Å². The number of hydrogen-bond acceptors (Lipinski definition) is 4. The van der Waals surface area contributed by atoms with Gasteiger partial charge in [0, 0.05) is 11.6 Å². The smallest absolute Gasteiger partial charge is 0.273 e. The first-order valence-corrected chi connectivity index (χ1v) is 8.67. The van der Waals surface area contributed by atoms with Crippen molar-refractivity contribution in [3.8, 4) is 5.75 Å². The van der Waals surface area contributed by atoms with Gasteiger partial charge in [0.1, 0.15) is 18.1 Å². The van der Waals surface area contributed by atoms with Gasteiger partial charge in [-0.3, -0.25) is 4.79 Å². The summed E-state index contributed by atoms with van der Waals surface area (Å²) in [5, 5.41) is 7.33. The first-order valence-electron chi connectivity index (χ1n) is 8.29. The van der Waals surface area contributed by atoms with Crippen molar-refractivity contribution < 1.29 is 14.1 Å². The molecule has 1 amide bonds. The third kappa shape index (κ3) is 4.64. The molecule has 0 atom stereocenters. The zero-order valence-electron chi connectivity index (χ0n) is 14.4. The molecule has 0 unspecified atom stereocenters. The van der Waals surface area contributed by atoms with Crippen molar-refractivity contribution in [3.63, 3.8) is 0 Å². The first kappa shape index (κ1) is 18.0. The second-order valence-corrected chi connectivity index (χ2v) is 6.24. The third-order valence-electron chi connectivity index (χ3n) is 3.92. The highest BCUT2D eigenvalue weighted by atomic mass is 35.5. The van der Waals surface area contributed by atoms with Gasteiger partial charge in [-0.1, -0.05) is 53.2 Å². The molecule has 3 rings (SSSR count). The van der Waals surface area contributed by atoms with E-state index in [1.165, 1.54) is 0 Å². The summed E-state index contributed by atoms with van der Waals surface area (Å²) in [7, 11) is 0. The van der Waals surface area contributed by atoms with E-state index in [-0.39, 0.29) is 18.2 Å². The van der Waals surface area contributed by atoms with Gasteiger partial charge in [0.25, 0.3) is 5.91 Å². The molecule has 0 spiro atoms. The average molecular weight is 371 g/mol. The molecule has 26 heavy (non-hydrogen) atoms. The summed E-state index contributed by atoms with van der Waals surface area (Å²) in [4.78, 5) is 12.4. The first-order chi connectivity index (χ1) is 12.6. The standard InChI is InChI=1S/C20H19ClN2O3/c1-14-18(13-25-17-9-5-8-16(21)12-17)19(23-26-14)20(24)22-11-10-15-6-3-2-4-7-15/h2-9,12H,10-11,13H2,1H3,(H,22,24). The van der Waals surface area contributed by atoms with Crippen LogP contribution in [-0.4, -0.2) is 17.6 Å². The molecule has 5 nitrogen and oxygen atoms in total. The number of aromatic nitrogens is 1. The van der Waals surface area contributed by atoms with Gasteiger partial charge < -0.3 is 14.6 Å². The summed E-state index contributed by atoms with van der Waals surface area (Å²) >= 11 is 5.95. The number of carbonyl (C=O) groups excluding carboxylic acids is 1. The molecule has 0 aliphatic carbocycles. The van der Waals surface area contributed by atoms with Crippen LogP contribution in [0.1, 0.15) is 27.4 Å². The second kappa shape index (κ2) is 8.54. The molecule has 1 aromatic heterocycles. The summed E-state index contributed by atoms with van der Waals surface area (Å²) < 4.78 is 10.9. The van der Waals surface area contributed by atoms with Crippen molar-refractivity contribution in [2.45, 2.75) is 20.0 Å². The number of hydrogen-bond donors (Lipinski definition) is 1. The van der Waals surface area contributed by atoms with Crippen LogP contribution >= 0.6 is 11.6 Å². The highest BCUT2D eigenvalue weighted by Gasteiger charge is 2.20. The zero-order valence-corrected chi connectivity index (χ0v) is 15.1. The number of carbonyl (C=O) groups is 1. The lowest BCUT2D eigenvalue weighted by Gasteiger charge is -2.08. The van der Waals surface area contributed by atoms with Gasteiger partial charge in [-0.15, -0.1) is 0 Å². The Morgan fingerprint density at radius 3 is 2.77 bits per heavy atom. The predicted octanol–water partition coefficient (Wildman–Crippen LogP) is 4.19.